The second-order valence-corrected chi connectivity index (χ2v) is 4.16. The van der Waals surface area contributed by atoms with Crippen LogP contribution in [0.3, 0.4) is 0 Å². The summed E-state index contributed by atoms with van der Waals surface area (Å²) in [4.78, 5) is 2.43. The number of hydrogen-bond donors (Lipinski definition) is 1. The Morgan fingerprint density at radius 2 is 2.27 bits per heavy atom. The van der Waals surface area contributed by atoms with E-state index in [0.29, 0.717) is 6.04 Å². The fourth-order valence-electron chi connectivity index (χ4n) is 2.40. The van der Waals surface area contributed by atoms with E-state index in [1.165, 1.54) is 5.56 Å². The first-order valence-corrected chi connectivity index (χ1v) is 5.78. The molecule has 0 radical (unpaired) electrons. The highest BCUT2D eigenvalue weighted by molar-refractivity contribution is 5.15. The molecule has 0 bridgehead atoms. The van der Waals surface area contributed by atoms with E-state index in [1.54, 1.807) is 0 Å². The fourth-order valence-corrected chi connectivity index (χ4v) is 2.40. The third-order valence-corrected chi connectivity index (χ3v) is 3.27. The summed E-state index contributed by atoms with van der Waals surface area (Å²) in [6.45, 7) is 7.39. The fraction of sp³-hybridized carbons (Fsp3) is 0.727. The van der Waals surface area contributed by atoms with Crippen LogP contribution < -0.4 is 5.73 Å². The zero-order chi connectivity index (χ0) is 10.8. The largest absolute Gasteiger partial charge is 0.326 e. The molecule has 0 amide bonds. The minimum atomic E-state index is 0.263. The highest BCUT2D eigenvalue weighted by Crippen LogP contribution is 2.30. The van der Waals surface area contributed by atoms with Crippen molar-refractivity contribution in [3.05, 3.63) is 18.0 Å². The Morgan fingerprint density at radius 1 is 1.47 bits per heavy atom. The van der Waals surface area contributed by atoms with Crippen LogP contribution in [-0.4, -0.2) is 33.8 Å². The summed E-state index contributed by atoms with van der Waals surface area (Å²) in [5.74, 6) is 0. The molecule has 0 spiro atoms. The van der Waals surface area contributed by atoms with E-state index in [4.69, 9.17) is 5.73 Å². The van der Waals surface area contributed by atoms with Crippen molar-refractivity contribution in [3.8, 4) is 0 Å². The molecule has 4 nitrogen and oxygen atoms in total. The summed E-state index contributed by atoms with van der Waals surface area (Å²) < 4.78 is 1.97. The molecule has 2 unspecified atom stereocenters. The highest BCUT2D eigenvalue weighted by Gasteiger charge is 2.32. The van der Waals surface area contributed by atoms with E-state index in [1.807, 2.05) is 10.9 Å². The van der Waals surface area contributed by atoms with E-state index >= 15 is 0 Å². The van der Waals surface area contributed by atoms with Crippen molar-refractivity contribution >= 4 is 0 Å². The molecule has 1 fully saturated rings. The Hall–Kier alpha value is -0.870. The van der Waals surface area contributed by atoms with Gasteiger partial charge in [0, 0.05) is 30.9 Å². The summed E-state index contributed by atoms with van der Waals surface area (Å²) in [5, 5.41) is 4.32. The van der Waals surface area contributed by atoms with Crippen molar-refractivity contribution in [2.45, 2.75) is 38.9 Å². The number of likely N-dealkylation sites (tertiary alicyclic amines) is 1. The molecule has 1 aromatic rings. The molecule has 84 valence electrons. The van der Waals surface area contributed by atoms with Crippen molar-refractivity contribution in [1.29, 1.82) is 0 Å². The molecule has 1 aromatic heterocycles. The lowest BCUT2D eigenvalue weighted by Gasteiger charge is -2.24. The van der Waals surface area contributed by atoms with Crippen molar-refractivity contribution < 1.29 is 0 Å². The van der Waals surface area contributed by atoms with Gasteiger partial charge >= 0.3 is 0 Å². The molecule has 2 rings (SSSR count). The van der Waals surface area contributed by atoms with Crippen LogP contribution in [0.5, 0.6) is 0 Å². The van der Waals surface area contributed by atoms with Crippen LogP contribution in [-0.2, 0) is 6.54 Å². The van der Waals surface area contributed by atoms with Gasteiger partial charge in [-0.15, -0.1) is 0 Å². The Kier molecular flexibility index (Phi) is 3.07. The second-order valence-electron chi connectivity index (χ2n) is 4.16. The quantitative estimate of drug-likeness (QED) is 0.806. The van der Waals surface area contributed by atoms with Crippen molar-refractivity contribution in [2.75, 3.05) is 13.1 Å². The molecular weight excluding hydrogens is 188 g/mol. The SMILES string of the molecule is CCN1CCC(N)C1c1cnn(CC)c1. The maximum Gasteiger partial charge on any atom is 0.0538 e. The van der Waals surface area contributed by atoms with Crippen LogP contribution in [0.2, 0.25) is 0 Å². The summed E-state index contributed by atoms with van der Waals surface area (Å²) in [5.41, 5.74) is 7.42. The molecule has 2 atom stereocenters. The molecule has 2 heterocycles. The number of nitrogens with two attached hydrogens (primary N) is 1. The summed E-state index contributed by atoms with van der Waals surface area (Å²) in [6.07, 6.45) is 5.18. The molecule has 15 heavy (non-hydrogen) atoms. The molecule has 0 aromatic carbocycles. The highest BCUT2D eigenvalue weighted by atomic mass is 15.3. The van der Waals surface area contributed by atoms with Gasteiger partial charge in [-0.1, -0.05) is 6.92 Å². The van der Waals surface area contributed by atoms with Gasteiger partial charge in [-0.05, 0) is 19.9 Å². The van der Waals surface area contributed by atoms with Gasteiger partial charge in [-0.25, -0.2) is 0 Å². The average Bonchev–Trinajstić information content (AvgIpc) is 2.83. The topological polar surface area (TPSA) is 47.1 Å². The first kappa shape index (κ1) is 10.6. The predicted molar refractivity (Wildman–Crippen MR) is 60.5 cm³/mol. The predicted octanol–water partition coefficient (Wildman–Crippen LogP) is 0.997. The zero-order valence-corrected chi connectivity index (χ0v) is 9.56. The number of aromatic nitrogens is 2. The monoisotopic (exact) mass is 208 g/mol. The molecule has 1 aliphatic rings. The van der Waals surface area contributed by atoms with E-state index in [-0.39, 0.29) is 6.04 Å². The van der Waals surface area contributed by atoms with Gasteiger partial charge in [0.05, 0.1) is 12.2 Å². The van der Waals surface area contributed by atoms with Gasteiger partial charge in [-0.3, -0.25) is 9.58 Å². The summed E-state index contributed by atoms with van der Waals surface area (Å²) in [6, 6.07) is 0.634. The van der Waals surface area contributed by atoms with E-state index in [9.17, 15) is 0 Å². The van der Waals surface area contributed by atoms with Crippen LogP contribution in [0.1, 0.15) is 31.9 Å². The molecule has 0 aliphatic carbocycles. The van der Waals surface area contributed by atoms with E-state index in [0.717, 1.165) is 26.1 Å². The average molecular weight is 208 g/mol. The van der Waals surface area contributed by atoms with Crippen LogP contribution in [0.15, 0.2) is 12.4 Å². The number of nitrogens with zero attached hydrogens (tertiary/aromatic N) is 3. The molecule has 1 aliphatic heterocycles. The first-order valence-electron chi connectivity index (χ1n) is 5.78. The maximum atomic E-state index is 6.15. The van der Waals surface area contributed by atoms with Crippen LogP contribution in [0, 0.1) is 0 Å². The minimum absolute atomic E-state index is 0.263. The molecule has 1 saturated heterocycles. The maximum absolute atomic E-state index is 6.15. The smallest absolute Gasteiger partial charge is 0.0538 e. The summed E-state index contributed by atoms with van der Waals surface area (Å²) in [7, 11) is 0. The Bertz CT molecular complexity index is 320. The van der Waals surface area contributed by atoms with E-state index in [2.05, 4.69) is 30.0 Å². The van der Waals surface area contributed by atoms with E-state index < -0.39 is 0 Å². The first-order chi connectivity index (χ1) is 7.26. The Morgan fingerprint density at radius 3 is 2.87 bits per heavy atom. The number of hydrogen-bond acceptors (Lipinski definition) is 3. The second kappa shape index (κ2) is 4.33. The number of rotatable bonds is 3. The normalized spacial score (nSPS) is 27.4. The third kappa shape index (κ3) is 1.92. The molecule has 2 N–H and O–H groups in total. The zero-order valence-electron chi connectivity index (χ0n) is 9.56. The standard InChI is InChI=1S/C11H20N4/c1-3-14-6-5-10(12)11(14)9-7-13-15(4-2)8-9/h7-8,10-11H,3-6,12H2,1-2H3. The van der Waals surface area contributed by atoms with Crippen LogP contribution in [0.25, 0.3) is 0 Å². The van der Waals surface area contributed by atoms with Gasteiger partial charge in [0.15, 0.2) is 0 Å². The number of likely N-dealkylation sites (N-methyl/N-ethyl adjacent to an activating group) is 1. The summed E-state index contributed by atoms with van der Waals surface area (Å²) >= 11 is 0. The lowest BCUT2D eigenvalue weighted by atomic mass is 10.0. The lowest BCUT2D eigenvalue weighted by molar-refractivity contribution is 0.261. The molecular formula is C11H20N4. The minimum Gasteiger partial charge on any atom is -0.326 e. The van der Waals surface area contributed by atoms with Crippen molar-refractivity contribution in [1.82, 2.24) is 14.7 Å². The molecule has 4 heteroatoms. The van der Waals surface area contributed by atoms with Crippen LogP contribution >= 0.6 is 0 Å². The van der Waals surface area contributed by atoms with Gasteiger partial charge in [0.1, 0.15) is 0 Å². The van der Waals surface area contributed by atoms with Gasteiger partial charge in [-0.2, -0.15) is 5.10 Å². The van der Waals surface area contributed by atoms with Crippen LogP contribution in [0.4, 0.5) is 0 Å². The van der Waals surface area contributed by atoms with Crippen molar-refractivity contribution in [2.24, 2.45) is 5.73 Å². The Labute approximate surface area is 91.1 Å². The lowest BCUT2D eigenvalue weighted by Crippen LogP contribution is -2.31. The number of aryl methyl sites for hydroxylation is 1. The van der Waals surface area contributed by atoms with Gasteiger partial charge in [0.25, 0.3) is 0 Å². The van der Waals surface area contributed by atoms with Crippen molar-refractivity contribution in [3.63, 3.8) is 0 Å². The van der Waals surface area contributed by atoms with Gasteiger partial charge < -0.3 is 5.73 Å². The Balaban J connectivity index is 2.20. The molecule has 0 saturated carbocycles. The van der Waals surface area contributed by atoms with Gasteiger partial charge in [0.2, 0.25) is 0 Å². The third-order valence-electron chi connectivity index (χ3n) is 3.27.